The first-order valence-electron chi connectivity index (χ1n) is 7.06. The monoisotopic (exact) mass is 357 g/mol. The highest BCUT2D eigenvalue weighted by molar-refractivity contribution is 5.88. The summed E-state index contributed by atoms with van der Waals surface area (Å²) in [7, 11) is 0. The lowest BCUT2D eigenvalue weighted by atomic mass is 10.2. The predicted octanol–water partition coefficient (Wildman–Crippen LogP) is 3.00. The van der Waals surface area contributed by atoms with Gasteiger partial charge in [0.15, 0.2) is 6.61 Å². The predicted molar refractivity (Wildman–Crippen MR) is 79.2 cm³/mol. The molecule has 0 radical (unpaired) electrons. The number of hydrogen-bond acceptors (Lipinski definition) is 4. The first-order chi connectivity index (χ1) is 11.7. The van der Waals surface area contributed by atoms with E-state index in [1.54, 1.807) is 0 Å². The van der Waals surface area contributed by atoms with Crippen LogP contribution in [0.3, 0.4) is 0 Å². The molecule has 0 aliphatic rings. The van der Waals surface area contributed by atoms with Crippen molar-refractivity contribution in [3.05, 3.63) is 53.0 Å². The molecule has 1 aromatic heterocycles. The van der Waals surface area contributed by atoms with Crippen LogP contribution in [0.25, 0.3) is 0 Å². The van der Waals surface area contributed by atoms with E-state index >= 15 is 0 Å². The largest absolute Gasteiger partial charge is 0.484 e. The smallest absolute Gasteiger partial charge is 0.416 e. The third-order valence-electron chi connectivity index (χ3n) is 3.21. The van der Waals surface area contributed by atoms with Crippen LogP contribution in [-0.2, 0) is 17.5 Å². The summed E-state index contributed by atoms with van der Waals surface area (Å²) in [6, 6.07) is 5.24. The van der Waals surface area contributed by atoms with Crippen molar-refractivity contribution in [1.29, 1.82) is 0 Å². The Hall–Kier alpha value is -2.97. The van der Waals surface area contributed by atoms with E-state index in [2.05, 4.69) is 5.32 Å². The molecular weight excluding hydrogens is 343 g/mol. The topological polar surface area (TPSA) is 88.8 Å². The molecule has 0 spiro atoms. The van der Waals surface area contributed by atoms with E-state index in [0.717, 1.165) is 24.3 Å². The van der Waals surface area contributed by atoms with Crippen molar-refractivity contribution in [2.45, 2.75) is 19.6 Å². The molecule has 1 heterocycles. The molecule has 0 aliphatic heterocycles. The van der Waals surface area contributed by atoms with E-state index in [9.17, 15) is 22.8 Å². The molecule has 6 nitrogen and oxygen atoms in total. The van der Waals surface area contributed by atoms with E-state index in [1.165, 1.54) is 13.0 Å². The van der Waals surface area contributed by atoms with Crippen LogP contribution < -0.4 is 10.1 Å². The molecule has 1 aromatic carbocycles. The zero-order chi connectivity index (χ0) is 18.6. The zero-order valence-corrected chi connectivity index (χ0v) is 13.0. The molecule has 0 saturated carbocycles. The second kappa shape index (κ2) is 7.29. The molecule has 0 bridgehead atoms. The molecule has 134 valence electrons. The van der Waals surface area contributed by atoms with Gasteiger partial charge in [0.25, 0.3) is 5.91 Å². The number of benzene rings is 1. The summed E-state index contributed by atoms with van der Waals surface area (Å²) in [5.74, 6) is -1.07. The zero-order valence-electron chi connectivity index (χ0n) is 13.0. The van der Waals surface area contributed by atoms with Crippen molar-refractivity contribution >= 4 is 11.9 Å². The van der Waals surface area contributed by atoms with Crippen molar-refractivity contribution in [3.63, 3.8) is 0 Å². The van der Waals surface area contributed by atoms with Crippen molar-refractivity contribution in [2.24, 2.45) is 0 Å². The van der Waals surface area contributed by atoms with E-state index in [1.807, 2.05) is 0 Å². The van der Waals surface area contributed by atoms with Crippen LogP contribution in [0.2, 0.25) is 0 Å². The fourth-order valence-corrected chi connectivity index (χ4v) is 1.97. The van der Waals surface area contributed by atoms with Crippen molar-refractivity contribution < 1.29 is 37.0 Å². The number of nitrogens with one attached hydrogen (secondary N) is 1. The number of rotatable bonds is 6. The average molecular weight is 357 g/mol. The number of carboxylic acid groups (broad SMARTS) is 1. The van der Waals surface area contributed by atoms with E-state index in [-0.39, 0.29) is 29.4 Å². The second-order valence-corrected chi connectivity index (χ2v) is 5.08. The molecule has 2 N–H and O–H groups in total. The Morgan fingerprint density at radius 3 is 2.40 bits per heavy atom. The number of carbonyl (C=O) groups excluding carboxylic acids is 1. The summed E-state index contributed by atoms with van der Waals surface area (Å²) < 4.78 is 47.6. The molecule has 0 saturated heterocycles. The van der Waals surface area contributed by atoms with Crippen molar-refractivity contribution in [1.82, 2.24) is 5.32 Å². The number of halogens is 3. The lowest BCUT2D eigenvalue weighted by Crippen LogP contribution is -2.28. The van der Waals surface area contributed by atoms with Gasteiger partial charge < -0.3 is 19.6 Å². The summed E-state index contributed by atoms with van der Waals surface area (Å²) in [6.45, 7) is 1.04. The highest BCUT2D eigenvalue weighted by Gasteiger charge is 2.30. The average Bonchev–Trinajstić information content (AvgIpc) is 2.91. The molecular formula is C16H14F3NO5. The quantitative estimate of drug-likeness (QED) is 0.830. The number of hydrogen-bond donors (Lipinski definition) is 2. The van der Waals surface area contributed by atoms with Gasteiger partial charge in [-0.25, -0.2) is 4.79 Å². The van der Waals surface area contributed by atoms with Gasteiger partial charge in [0.2, 0.25) is 0 Å². The van der Waals surface area contributed by atoms with Gasteiger partial charge in [0, 0.05) is 0 Å². The number of aryl methyl sites for hydroxylation is 1. The number of carbonyl (C=O) groups is 2. The fourth-order valence-electron chi connectivity index (χ4n) is 1.97. The van der Waals surface area contributed by atoms with Crippen molar-refractivity contribution in [2.75, 3.05) is 6.61 Å². The van der Waals surface area contributed by atoms with Crippen LogP contribution in [0.1, 0.15) is 27.4 Å². The second-order valence-electron chi connectivity index (χ2n) is 5.08. The third kappa shape index (κ3) is 5.00. The SMILES string of the molecule is Cc1oc(CNC(=O)COc2ccc(C(F)(F)F)cc2)cc1C(=O)O. The van der Waals surface area contributed by atoms with Gasteiger partial charge in [-0.05, 0) is 37.3 Å². The Bertz CT molecular complexity index is 765. The van der Waals surface area contributed by atoms with Gasteiger partial charge in [-0.15, -0.1) is 0 Å². The number of alkyl halides is 3. The summed E-state index contributed by atoms with van der Waals surface area (Å²) in [4.78, 5) is 22.5. The van der Waals surface area contributed by atoms with Crippen LogP contribution in [0, 0.1) is 6.92 Å². The number of carboxylic acids is 1. The first kappa shape index (κ1) is 18.4. The first-order valence-corrected chi connectivity index (χ1v) is 7.06. The molecule has 2 rings (SSSR count). The maximum atomic E-state index is 12.4. The number of aromatic carboxylic acids is 1. The molecule has 25 heavy (non-hydrogen) atoms. The summed E-state index contributed by atoms with van der Waals surface area (Å²) >= 11 is 0. The Morgan fingerprint density at radius 2 is 1.88 bits per heavy atom. The molecule has 1 amide bonds. The summed E-state index contributed by atoms with van der Waals surface area (Å²) in [5, 5.41) is 11.4. The van der Waals surface area contributed by atoms with E-state index in [0.29, 0.717) is 0 Å². The van der Waals surface area contributed by atoms with Gasteiger partial charge in [0.05, 0.1) is 12.1 Å². The minimum atomic E-state index is -4.44. The maximum absolute atomic E-state index is 12.4. The van der Waals surface area contributed by atoms with E-state index < -0.39 is 30.2 Å². The number of ether oxygens (including phenoxy) is 1. The lowest BCUT2D eigenvalue weighted by molar-refractivity contribution is -0.137. The van der Waals surface area contributed by atoms with Gasteiger partial charge >= 0.3 is 12.1 Å². The van der Waals surface area contributed by atoms with Crippen LogP contribution in [-0.4, -0.2) is 23.6 Å². The van der Waals surface area contributed by atoms with E-state index in [4.69, 9.17) is 14.3 Å². The van der Waals surface area contributed by atoms with Crippen LogP contribution >= 0.6 is 0 Å². The normalized spacial score (nSPS) is 11.2. The van der Waals surface area contributed by atoms with Crippen LogP contribution in [0.4, 0.5) is 13.2 Å². The Kier molecular flexibility index (Phi) is 5.35. The minimum Gasteiger partial charge on any atom is -0.484 e. The molecule has 9 heteroatoms. The lowest BCUT2D eigenvalue weighted by Gasteiger charge is -2.09. The summed E-state index contributed by atoms with van der Waals surface area (Å²) in [6.07, 6.45) is -4.44. The van der Waals surface area contributed by atoms with Crippen LogP contribution in [0.15, 0.2) is 34.7 Å². The molecule has 0 atom stereocenters. The maximum Gasteiger partial charge on any atom is 0.416 e. The van der Waals surface area contributed by atoms with Crippen LogP contribution in [0.5, 0.6) is 5.75 Å². The standard InChI is InChI=1S/C16H14F3NO5/c1-9-13(15(22)23)6-12(25-9)7-20-14(21)8-24-11-4-2-10(3-5-11)16(17,18)19/h2-6H,7-8H2,1H3,(H,20,21)(H,22,23). The van der Waals surface area contributed by atoms with Gasteiger partial charge in [0.1, 0.15) is 22.8 Å². The van der Waals surface area contributed by atoms with Gasteiger partial charge in [-0.1, -0.05) is 0 Å². The highest BCUT2D eigenvalue weighted by atomic mass is 19.4. The third-order valence-corrected chi connectivity index (χ3v) is 3.21. The highest BCUT2D eigenvalue weighted by Crippen LogP contribution is 2.30. The molecule has 0 unspecified atom stereocenters. The van der Waals surface area contributed by atoms with Crippen molar-refractivity contribution in [3.8, 4) is 5.75 Å². The van der Waals surface area contributed by atoms with Gasteiger partial charge in [-0.2, -0.15) is 13.2 Å². The molecule has 0 aliphatic carbocycles. The number of amides is 1. The number of furan rings is 1. The summed E-state index contributed by atoms with van der Waals surface area (Å²) in [5.41, 5.74) is -0.808. The van der Waals surface area contributed by atoms with Gasteiger partial charge in [-0.3, -0.25) is 4.79 Å². The Balaban J connectivity index is 1.83. The molecule has 2 aromatic rings. The Labute approximate surface area is 140 Å². The Morgan fingerprint density at radius 1 is 1.24 bits per heavy atom. The molecule has 0 fully saturated rings. The minimum absolute atomic E-state index is 0.00486. The fraction of sp³-hybridized carbons (Fsp3) is 0.250.